The summed E-state index contributed by atoms with van der Waals surface area (Å²) < 4.78 is 35.2. The summed E-state index contributed by atoms with van der Waals surface area (Å²) in [6.45, 7) is 14.3. The van der Waals surface area contributed by atoms with Gasteiger partial charge in [-0.05, 0) is 178 Å². The van der Waals surface area contributed by atoms with E-state index in [0.717, 1.165) is 116 Å². The molecule has 40 nitrogen and oxygen atoms in total. The van der Waals surface area contributed by atoms with Crippen molar-refractivity contribution < 1.29 is 103 Å². The van der Waals surface area contributed by atoms with Gasteiger partial charge in [-0.25, -0.2) is 28.8 Å². The number of aromatic hydroxyl groups is 3. The first-order valence-corrected chi connectivity index (χ1v) is 47.6. The molecule has 5 unspecified atom stereocenters. The molecule has 0 radical (unpaired) electrons. The average Bonchev–Trinajstić information content (AvgIpc) is 0.801. The van der Waals surface area contributed by atoms with Crippen molar-refractivity contribution in [1.82, 2.24) is 39.7 Å². The van der Waals surface area contributed by atoms with Crippen LogP contribution in [0.2, 0.25) is 0 Å². The molecular formula is C106H109N13O27. The lowest BCUT2D eigenvalue weighted by Gasteiger charge is -2.28. The lowest BCUT2D eigenvalue weighted by atomic mass is 9.96. The highest BCUT2D eigenvalue weighted by atomic mass is 16.5. The number of benzene rings is 6. The van der Waals surface area contributed by atoms with E-state index < -0.39 is 103 Å². The van der Waals surface area contributed by atoms with Gasteiger partial charge in [-0.1, -0.05) is 12.1 Å². The van der Waals surface area contributed by atoms with Crippen LogP contribution < -0.4 is 86.3 Å². The quantitative estimate of drug-likeness (QED) is 0.0510. The Morgan fingerprint density at radius 1 is 0.322 bits per heavy atom. The second kappa shape index (κ2) is 41.5. The van der Waals surface area contributed by atoms with Gasteiger partial charge in [-0.3, -0.25) is 28.8 Å². The number of hydrogen-bond donors (Lipinski definition) is 15. The Morgan fingerprint density at radius 2 is 0.610 bits per heavy atom. The summed E-state index contributed by atoms with van der Waals surface area (Å²) in [5, 5.41) is 85.7. The van der Waals surface area contributed by atoms with Crippen LogP contribution in [0.25, 0.3) is 67.5 Å². The van der Waals surface area contributed by atoms with Gasteiger partial charge in [0.1, 0.15) is 86.7 Å². The van der Waals surface area contributed by atoms with E-state index in [2.05, 4.69) is 87.5 Å². The number of hydrogen-bond acceptors (Lipinski definition) is 28. The van der Waals surface area contributed by atoms with E-state index in [-0.39, 0.29) is 48.2 Å². The highest BCUT2D eigenvalue weighted by molar-refractivity contribution is 5.96. The lowest BCUT2D eigenvalue weighted by molar-refractivity contribution is 0.0680. The van der Waals surface area contributed by atoms with Crippen LogP contribution in [-0.4, -0.2) is 248 Å². The van der Waals surface area contributed by atoms with E-state index in [4.69, 9.17) is 48.8 Å². The molecule has 4 fully saturated rings. The fraction of sp³-hybridized carbons (Fsp3) is 0.321. The molecule has 0 bridgehead atoms. The molecule has 10 aliphatic heterocycles. The predicted molar refractivity (Wildman–Crippen MR) is 542 cm³/mol. The zero-order chi connectivity index (χ0) is 104. The minimum absolute atomic E-state index is 0.263. The van der Waals surface area contributed by atoms with Crippen LogP contribution in [0, 0.1) is 0 Å². The molecule has 0 amide bonds. The topological polar surface area (TPSA) is 560 Å². The molecule has 6 aromatic carbocycles. The van der Waals surface area contributed by atoms with Crippen LogP contribution in [0.4, 0.5) is 28.4 Å². The number of likely N-dealkylation sites (N-methyl/N-ethyl adjacent to an activating group) is 2. The van der Waals surface area contributed by atoms with Crippen LogP contribution >= 0.6 is 0 Å². The molecule has 15 N–H and O–H groups in total. The predicted octanol–water partition coefficient (Wildman–Crippen LogP) is 12.3. The highest BCUT2D eigenvalue weighted by Gasteiger charge is 2.37. The van der Waals surface area contributed by atoms with Crippen LogP contribution in [0.3, 0.4) is 0 Å². The molecule has 12 aromatic rings. The zero-order valence-corrected chi connectivity index (χ0v) is 81.2. The van der Waals surface area contributed by atoms with Crippen LogP contribution in [0.15, 0.2) is 162 Å². The molecule has 10 aliphatic rings. The van der Waals surface area contributed by atoms with Crippen molar-refractivity contribution in [2.75, 3.05) is 139 Å². The van der Waals surface area contributed by atoms with Crippen LogP contribution in [-0.2, 0) is 19.3 Å². The average molecular weight is 2000 g/mol. The Bertz CT molecular complexity index is 7630. The fourth-order valence-corrected chi connectivity index (χ4v) is 19.9. The number of carbonyl (C=O) groups is 6. The van der Waals surface area contributed by atoms with Gasteiger partial charge in [0.2, 0.25) is 0 Å². The molecule has 0 spiro atoms. The number of carboxylic acid groups (broad SMARTS) is 6. The number of aromatic nitrogens is 6. The number of fused-ring (bicyclic) bond motifs is 18. The number of aromatic carboxylic acids is 6. The fourth-order valence-electron chi connectivity index (χ4n) is 19.9. The Balaban J connectivity index is 0.000000120. The molecule has 40 heteroatoms. The lowest BCUT2D eigenvalue weighted by Crippen LogP contribution is -2.31. The normalized spacial score (nSPS) is 17.3. The smallest absolute Gasteiger partial charge is 0.345 e. The summed E-state index contributed by atoms with van der Waals surface area (Å²) >= 11 is 0. The molecule has 0 saturated carbocycles. The zero-order valence-electron chi connectivity index (χ0n) is 81.2. The van der Waals surface area contributed by atoms with Gasteiger partial charge in [0, 0.05) is 223 Å². The summed E-state index contributed by atoms with van der Waals surface area (Å²) in [6, 6.07) is 41.5. The second-order valence-electron chi connectivity index (χ2n) is 37.4. The van der Waals surface area contributed by atoms with Gasteiger partial charge < -0.3 is 139 Å². The summed E-state index contributed by atoms with van der Waals surface area (Å²) in [5.74, 6) is -5.61. The third-order valence-electron chi connectivity index (χ3n) is 27.8. The number of nitrogens with zero attached hydrogens (tertiary/aromatic N) is 7. The monoisotopic (exact) mass is 2000 g/mol. The van der Waals surface area contributed by atoms with E-state index in [1.165, 1.54) is 43.9 Å². The molecular weight excluding hydrogens is 1890 g/mol. The number of aromatic amines is 6. The summed E-state index contributed by atoms with van der Waals surface area (Å²) in [5.41, 5.74) is 8.88. The summed E-state index contributed by atoms with van der Waals surface area (Å²) in [6.07, 6.45) is 6.87. The molecule has 5 atom stereocenters. The van der Waals surface area contributed by atoms with E-state index in [1.54, 1.807) is 6.07 Å². The largest absolute Gasteiger partial charge is 0.506 e. The van der Waals surface area contributed by atoms with Gasteiger partial charge in [0.15, 0.2) is 16.7 Å². The van der Waals surface area contributed by atoms with E-state index in [1.807, 2.05) is 149 Å². The van der Waals surface area contributed by atoms with Crippen molar-refractivity contribution >= 4 is 64.3 Å². The van der Waals surface area contributed by atoms with Gasteiger partial charge in [0.05, 0.1) is 54.0 Å². The first-order valence-electron chi connectivity index (χ1n) is 47.6. The Kier molecular flexibility index (Phi) is 28.6. The molecule has 6 aromatic heterocycles. The SMILES string of the molecule is CC1Oc2cc(N3CCC(N(C)C)C3)ccc2-c2[nH]c(=O)c(C(=O)O)cc21.CC1Oc2cc(N3CCCC3)ccc2-c2[nH]c(=O)c(C(=O)O)cc21.CC1Oc2ccccc2-c2[nH]c(=O)c(C(=O)O)cc21.CN(C)C1CCN(c2ccc3c(c2)OCCc2c-3[nH]c(=O)c(C(=O)O)c2O)C1.CN(C)c1ccc2c(c1)OCCc1c-2[nH]c(=O)c(C(=O)O)c1O.O=C(O)c1c(O)c2c([nH]c1=O)-c1ccc(N3CCCC3)cc1OCC2. The van der Waals surface area contributed by atoms with Gasteiger partial charge >= 0.3 is 35.8 Å². The van der Waals surface area contributed by atoms with Gasteiger partial charge in [0.25, 0.3) is 33.4 Å². The Hall–Kier alpha value is -17.0. The summed E-state index contributed by atoms with van der Waals surface area (Å²) in [4.78, 5) is 171. The first-order chi connectivity index (χ1) is 69.8. The standard InChI is InChI=1S/C20H23N3O5.C20H23N3O4.C18H18N2O5.C18H18N2O4.C16H16N2O5.C14H11NO4/c1-22(2)12-5-7-23(10-12)11-3-4-13-15(9-11)28-8-6-14-17(13)21-19(25)16(18(14)24)20(26)27;1-11-15-9-16(20(25)26)19(24)21-18(15)14-5-4-12(8-17(14)27-11)23-7-6-13(10-23)22(2)3;21-16-12-5-8-25-13-9-10(20-6-1-2-7-20)3-4-11(13)15(12)19-17(22)14(16)18(23)24;1-10-13-9-14(18(22)23)17(21)19-16(13)12-5-4-11(8-15(12)24-10)20-6-2-3-7-20;1-18(2)8-3-4-9-11(7-8)23-6-5-10-13(9)17-15(20)12(14(10)19)16(21)22;1-7-9-6-10(14(17)18)13(16)15-12(9)8-4-2-3-5-11(8)19-7/h3-4,9,12H,5-8,10H2,1-2H3,(H,26,27)(H2,21,24,25);4-5,8-9,11,13H,6-7,10H2,1-3H3,(H,21,24)(H,25,26);3-4,9H,1-2,5-8H2,(H,23,24)(H2,19,21,22);4-5,8-10H,2-3,6-7H2,1H3,(H,19,21)(H,22,23);3-4,7H,5-6H2,1-2H3,(H,21,22)(H2,17,19,20);2-7H,1H3,(H,15,16)(H,17,18). The van der Waals surface area contributed by atoms with Crippen molar-refractivity contribution in [3.05, 3.63) is 262 Å². The maximum absolute atomic E-state index is 12.2. The Morgan fingerprint density at radius 3 is 0.925 bits per heavy atom. The highest BCUT2D eigenvalue weighted by Crippen LogP contribution is 2.49. The number of rotatable bonds is 13. The molecule has 16 heterocycles. The maximum Gasteiger partial charge on any atom is 0.345 e. The third kappa shape index (κ3) is 20.1. The molecule has 760 valence electrons. The van der Waals surface area contributed by atoms with Gasteiger partial charge in [-0.15, -0.1) is 0 Å². The van der Waals surface area contributed by atoms with Crippen molar-refractivity contribution in [2.45, 2.75) is 109 Å². The summed E-state index contributed by atoms with van der Waals surface area (Å²) in [7, 11) is 12.2. The number of para-hydroxylation sites is 1. The van der Waals surface area contributed by atoms with Crippen molar-refractivity contribution in [2.24, 2.45) is 0 Å². The first kappa shape index (κ1) is 100. The number of nitrogens with one attached hydrogen (secondary N) is 6. The number of pyridine rings is 6. The minimum Gasteiger partial charge on any atom is -0.506 e. The Labute approximate surface area is 832 Å². The molecule has 0 aliphatic carbocycles. The molecule has 22 rings (SSSR count). The third-order valence-corrected chi connectivity index (χ3v) is 27.8. The number of ether oxygens (including phenoxy) is 6. The maximum atomic E-state index is 12.2. The number of anilines is 5. The van der Waals surface area contributed by atoms with Crippen LogP contribution in [0.5, 0.6) is 51.7 Å². The van der Waals surface area contributed by atoms with E-state index >= 15 is 0 Å². The number of carboxylic acids is 6. The second-order valence-corrected chi connectivity index (χ2v) is 37.4. The minimum atomic E-state index is -1.46. The number of H-pyrrole nitrogens is 6. The van der Waals surface area contributed by atoms with Crippen molar-refractivity contribution in [3.63, 3.8) is 0 Å². The molecule has 4 saturated heterocycles. The van der Waals surface area contributed by atoms with E-state index in [0.29, 0.717) is 151 Å². The van der Waals surface area contributed by atoms with Crippen LogP contribution in [0.1, 0.15) is 173 Å². The van der Waals surface area contributed by atoms with Gasteiger partial charge in [-0.2, -0.15) is 0 Å². The van der Waals surface area contributed by atoms with Crippen molar-refractivity contribution in [1.29, 1.82) is 0 Å². The molecule has 146 heavy (non-hydrogen) atoms. The van der Waals surface area contributed by atoms with E-state index in [9.17, 15) is 83.1 Å². The van der Waals surface area contributed by atoms with Crippen molar-refractivity contribution in [3.8, 4) is 119 Å².